The molecule has 42 heavy (non-hydrogen) atoms. The van der Waals surface area contributed by atoms with Gasteiger partial charge in [0.25, 0.3) is 0 Å². The molecule has 0 fully saturated rings. The summed E-state index contributed by atoms with van der Waals surface area (Å²) in [6.07, 6.45) is 4.32. The van der Waals surface area contributed by atoms with Gasteiger partial charge < -0.3 is 5.11 Å². The minimum absolute atomic E-state index is 0.292. The van der Waals surface area contributed by atoms with Crippen LogP contribution in [0.25, 0.3) is 10.8 Å². The standard InChI is InChI=1S/C37H32N2O3/c1-27-38-35(19-11-12-28-20-21-30-25-31(36(40)41)23-22-29(30)24-28)26-39(27,42)37(32-13-5-2-6-14-32,33-15-7-3-8-16-33)34-17-9-4-10-18-34/h2-10,13-18,20-26,42H,11-12,19H2,1H3/p+1. The van der Waals surface area contributed by atoms with E-state index in [-0.39, 0.29) is 0 Å². The number of aliphatic imine (C=N–C) groups is 1. The third-order valence-corrected chi connectivity index (χ3v) is 8.27. The molecular weight excluding hydrogens is 520 g/mol. The summed E-state index contributed by atoms with van der Waals surface area (Å²) >= 11 is 0. The second-order valence-electron chi connectivity index (χ2n) is 10.8. The zero-order chi connectivity index (χ0) is 29.2. The van der Waals surface area contributed by atoms with Gasteiger partial charge in [-0.2, -0.15) is 4.99 Å². The summed E-state index contributed by atoms with van der Waals surface area (Å²) < 4.78 is -0.470. The molecule has 1 atom stereocenters. The Bertz CT molecular complexity index is 1700. The van der Waals surface area contributed by atoms with E-state index in [1.807, 2.05) is 79.9 Å². The number of carboxylic acid groups (broad SMARTS) is 1. The van der Waals surface area contributed by atoms with Crippen molar-refractivity contribution in [3.63, 3.8) is 0 Å². The van der Waals surface area contributed by atoms with E-state index in [0.29, 0.717) is 17.8 Å². The number of quaternary nitrogens is 1. The van der Waals surface area contributed by atoms with Crippen LogP contribution in [0.3, 0.4) is 0 Å². The Morgan fingerprint density at radius 3 is 1.79 bits per heavy atom. The van der Waals surface area contributed by atoms with Crippen molar-refractivity contribution in [3.05, 3.63) is 167 Å². The van der Waals surface area contributed by atoms with Crippen molar-refractivity contribution in [3.8, 4) is 0 Å². The average Bonchev–Trinajstić information content (AvgIpc) is 3.32. The summed E-state index contributed by atoms with van der Waals surface area (Å²) in [6.45, 7) is 1.90. The smallest absolute Gasteiger partial charge is 0.335 e. The van der Waals surface area contributed by atoms with Crippen molar-refractivity contribution < 1.29 is 19.8 Å². The lowest BCUT2D eigenvalue weighted by Crippen LogP contribution is -2.59. The lowest BCUT2D eigenvalue weighted by molar-refractivity contribution is -1.03. The molecule has 1 aliphatic rings. The van der Waals surface area contributed by atoms with Crippen LogP contribution in [0.4, 0.5) is 0 Å². The molecule has 0 spiro atoms. The van der Waals surface area contributed by atoms with E-state index >= 15 is 0 Å². The molecule has 0 saturated carbocycles. The molecule has 5 heteroatoms. The summed E-state index contributed by atoms with van der Waals surface area (Å²) in [5.41, 5.74) is 4.28. The molecule has 0 radical (unpaired) electrons. The fraction of sp³-hybridized carbons (Fsp3) is 0.135. The summed E-state index contributed by atoms with van der Waals surface area (Å²) in [6, 6.07) is 41.9. The maximum absolute atomic E-state index is 12.8. The normalized spacial score (nSPS) is 16.7. The number of amidine groups is 1. The van der Waals surface area contributed by atoms with Crippen molar-refractivity contribution in [2.24, 2.45) is 4.99 Å². The van der Waals surface area contributed by atoms with Crippen LogP contribution in [-0.4, -0.2) is 26.8 Å². The second-order valence-corrected chi connectivity index (χ2v) is 10.8. The second kappa shape index (κ2) is 11.2. The Kier molecular flexibility index (Phi) is 7.29. The van der Waals surface area contributed by atoms with Gasteiger partial charge in [-0.1, -0.05) is 120 Å². The fourth-order valence-electron chi connectivity index (χ4n) is 6.27. The Hall–Kier alpha value is -4.84. The van der Waals surface area contributed by atoms with Gasteiger partial charge in [-0.05, 0) is 47.7 Å². The molecule has 0 saturated heterocycles. The highest BCUT2D eigenvalue weighted by Crippen LogP contribution is 2.49. The SMILES string of the molecule is CC1=NC(CCCc2ccc3cc(C(=O)O)ccc3c2)=C[N+]1(O)C(c1ccccc1)(c1ccccc1)c1ccccc1. The molecule has 0 aromatic heterocycles. The lowest BCUT2D eigenvalue weighted by Gasteiger charge is -2.44. The van der Waals surface area contributed by atoms with Crippen LogP contribution >= 0.6 is 0 Å². The molecule has 0 aliphatic carbocycles. The number of aryl methyl sites for hydroxylation is 1. The van der Waals surface area contributed by atoms with E-state index in [1.54, 1.807) is 12.1 Å². The number of carbonyl (C=O) groups is 1. The molecule has 208 valence electrons. The molecule has 1 aliphatic heterocycles. The van der Waals surface area contributed by atoms with Gasteiger partial charge in [0.15, 0.2) is 6.20 Å². The fourth-order valence-corrected chi connectivity index (χ4v) is 6.27. The topological polar surface area (TPSA) is 69.9 Å². The van der Waals surface area contributed by atoms with Crippen LogP contribution in [0.5, 0.6) is 0 Å². The third kappa shape index (κ3) is 4.73. The predicted molar refractivity (Wildman–Crippen MR) is 166 cm³/mol. The molecule has 2 N–H and O–H groups in total. The van der Waals surface area contributed by atoms with E-state index in [4.69, 9.17) is 4.99 Å². The molecule has 5 aromatic rings. The van der Waals surface area contributed by atoms with Crippen molar-refractivity contribution in [2.45, 2.75) is 31.7 Å². The zero-order valence-corrected chi connectivity index (χ0v) is 23.5. The first kappa shape index (κ1) is 27.3. The Labute approximate surface area is 245 Å². The first-order chi connectivity index (χ1) is 20.4. The maximum Gasteiger partial charge on any atom is 0.335 e. The highest BCUT2D eigenvalue weighted by molar-refractivity contribution is 5.94. The van der Waals surface area contributed by atoms with Crippen molar-refractivity contribution in [1.29, 1.82) is 0 Å². The highest BCUT2D eigenvalue weighted by Gasteiger charge is 2.59. The van der Waals surface area contributed by atoms with E-state index in [1.165, 1.54) is 5.56 Å². The van der Waals surface area contributed by atoms with Gasteiger partial charge >= 0.3 is 5.97 Å². The Morgan fingerprint density at radius 1 is 0.714 bits per heavy atom. The number of benzene rings is 5. The predicted octanol–water partition coefficient (Wildman–Crippen LogP) is 8.33. The van der Waals surface area contributed by atoms with E-state index in [0.717, 1.165) is 46.0 Å². The first-order valence-corrected chi connectivity index (χ1v) is 14.2. The number of hydroxylamine groups is 3. The van der Waals surface area contributed by atoms with Crippen LogP contribution in [-0.2, 0) is 12.0 Å². The quantitative estimate of drug-likeness (QED) is 0.142. The summed E-state index contributed by atoms with van der Waals surface area (Å²) in [7, 11) is 0. The number of hydrogen-bond donors (Lipinski definition) is 2. The Morgan fingerprint density at radius 2 is 1.24 bits per heavy atom. The first-order valence-electron chi connectivity index (χ1n) is 14.2. The van der Waals surface area contributed by atoms with Gasteiger partial charge in [-0.15, -0.1) is 0 Å². The van der Waals surface area contributed by atoms with Crippen LogP contribution < -0.4 is 0 Å². The van der Waals surface area contributed by atoms with Crippen molar-refractivity contribution in [2.75, 3.05) is 0 Å². The molecular formula is C37H33N2O3+. The number of allylic oxidation sites excluding steroid dienone is 1. The van der Waals surface area contributed by atoms with E-state index < -0.39 is 16.2 Å². The van der Waals surface area contributed by atoms with Crippen LogP contribution in [0.1, 0.15) is 52.4 Å². The lowest BCUT2D eigenvalue weighted by atomic mass is 9.75. The number of carboxylic acids is 1. The number of nitrogens with zero attached hydrogens (tertiary/aromatic N) is 2. The third-order valence-electron chi connectivity index (χ3n) is 8.27. The van der Waals surface area contributed by atoms with Gasteiger partial charge in [0, 0.05) is 23.6 Å². The van der Waals surface area contributed by atoms with Crippen LogP contribution in [0, 0.1) is 0 Å². The molecule has 1 heterocycles. The van der Waals surface area contributed by atoms with Gasteiger partial charge in [0.1, 0.15) is 5.70 Å². The number of aromatic carboxylic acids is 1. The monoisotopic (exact) mass is 553 g/mol. The van der Waals surface area contributed by atoms with Gasteiger partial charge in [0.2, 0.25) is 11.4 Å². The minimum Gasteiger partial charge on any atom is -0.478 e. The highest BCUT2D eigenvalue weighted by atomic mass is 16.6. The van der Waals surface area contributed by atoms with Crippen molar-refractivity contribution >= 4 is 22.6 Å². The van der Waals surface area contributed by atoms with Gasteiger partial charge in [-0.3, -0.25) is 0 Å². The summed E-state index contributed by atoms with van der Waals surface area (Å²) in [5, 5.41) is 24.0. The van der Waals surface area contributed by atoms with Gasteiger partial charge in [0.05, 0.1) is 5.56 Å². The van der Waals surface area contributed by atoms with E-state index in [2.05, 4.69) is 48.5 Å². The molecule has 0 bridgehead atoms. The van der Waals surface area contributed by atoms with Crippen LogP contribution in [0.2, 0.25) is 0 Å². The summed E-state index contributed by atoms with van der Waals surface area (Å²) in [5.74, 6) is -0.308. The van der Waals surface area contributed by atoms with E-state index in [9.17, 15) is 15.1 Å². The number of hydrogen-bond acceptors (Lipinski definition) is 3. The molecule has 6 rings (SSSR count). The largest absolute Gasteiger partial charge is 0.478 e. The molecule has 5 nitrogen and oxygen atoms in total. The molecule has 5 aromatic carbocycles. The number of fused-ring (bicyclic) bond motifs is 1. The van der Waals surface area contributed by atoms with Crippen LogP contribution in [0.15, 0.2) is 144 Å². The Balaban J connectivity index is 1.34. The zero-order valence-electron chi connectivity index (χ0n) is 23.5. The average molecular weight is 554 g/mol. The van der Waals surface area contributed by atoms with Crippen molar-refractivity contribution in [1.82, 2.24) is 0 Å². The maximum atomic E-state index is 12.8. The minimum atomic E-state index is -0.966. The number of rotatable bonds is 9. The van der Waals surface area contributed by atoms with Gasteiger partial charge in [-0.25, -0.2) is 10.0 Å². The summed E-state index contributed by atoms with van der Waals surface area (Å²) in [4.78, 5) is 16.3. The molecule has 0 amide bonds. The molecule has 1 unspecified atom stereocenters.